The van der Waals surface area contributed by atoms with Crippen LogP contribution in [-0.4, -0.2) is 15.3 Å². The Kier molecular flexibility index (Phi) is 6.02. The van der Waals surface area contributed by atoms with Gasteiger partial charge in [-0.05, 0) is 35.9 Å². The number of thiazole rings is 1. The maximum Gasteiger partial charge on any atom is 0.270 e. The van der Waals surface area contributed by atoms with E-state index in [0.717, 1.165) is 11.3 Å². The van der Waals surface area contributed by atoms with Gasteiger partial charge >= 0.3 is 0 Å². The lowest BCUT2D eigenvalue weighted by Gasteiger charge is -2.02. The van der Waals surface area contributed by atoms with Crippen LogP contribution in [0, 0.1) is 21.4 Å². The van der Waals surface area contributed by atoms with Gasteiger partial charge in [0.05, 0.1) is 22.1 Å². The summed E-state index contributed by atoms with van der Waals surface area (Å²) in [6.45, 7) is -0.243. The smallest absolute Gasteiger partial charge is 0.270 e. The number of carbonyl (C=O) groups is 1. The minimum Gasteiger partial charge on any atom is -0.292 e. The monoisotopic (exact) mass is 425 g/mol. The highest BCUT2D eigenvalue weighted by Gasteiger charge is 2.12. The lowest BCUT2D eigenvalue weighted by Crippen LogP contribution is -2.34. The van der Waals surface area contributed by atoms with Crippen LogP contribution in [0.1, 0.15) is 15.9 Å². The molecule has 0 aliphatic heterocycles. The topological polar surface area (TPSA) is 106 Å². The minimum atomic E-state index is -0.524. The normalized spacial score (nSPS) is 12.0. The van der Waals surface area contributed by atoms with Crippen molar-refractivity contribution in [1.82, 2.24) is 4.57 Å². The van der Waals surface area contributed by atoms with Crippen molar-refractivity contribution < 1.29 is 9.72 Å². The predicted octanol–water partition coefficient (Wildman–Crippen LogP) is 2.49. The van der Waals surface area contributed by atoms with Gasteiger partial charge in [-0.3, -0.25) is 24.3 Å². The molecule has 0 radical (unpaired) electrons. The van der Waals surface area contributed by atoms with Crippen molar-refractivity contribution >= 4 is 46.6 Å². The summed E-state index contributed by atoms with van der Waals surface area (Å²) in [5.41, 5.74) is 0.305. The van der Waals surface area contributed by atoms with Crippen molar-refractivity contribution in [1.29, 1.82) is 5.26 Å². The number of Topliss-reactive ketones (excluding diaryl/α,β-unsaturated/α-hetero) is 1. The molecule has 0 unspecified atom stereocenters. The summed E-state index contributed by atoms with van der Waals surface area (Å²) >= 11 is 6.86. The average Bonchev–Trinajstić information content (AvgIpc) is 2.98. The maximum absolute atomic E-state index is 12.8. The van der Waals surface area contributed by atoms with Gasteiger partial charge in [0.15, 0.2) is 5.78 Å². The van der Waals surface area contributed by atoms with E-state index in [-0.39, 0.29) is 22.5 Å². The van der Waals surface area contributed by atoms with Crippen LogP contribution in [0.2, 0.25) is 5.02 Å². The average molecular weight is 426 g/mol. The van der Waals surface area contributed by atoms with Gasteiger partial charge in [-0.25, -0.2) is 0 Å². The highest BCUT2D eigenvalue weighted by molar-refractivity contribution is 7.07. The zero-order valence-corrected chi connectivity index (χ0v) is 16.3. The Morgan fingerprint density at radius 1 is 1.28 bits per heavy atom. The summed E-state index contributed by atoms with van der Waals surface area (Å²) in [6.07, 6.45) is 2.68. The molecule has 0 fully saturated rings. The molecule has 144 valence electrons. The third kappa shape index (κ3) is 4.66. The molecular weight excluding hydrogens is 414 g/mol. The van der Waals surface area contributed by atoms with E-state index >= 15 is 0 Å². The third-order valence-electron chi connectivity index (χ3n) is 3.97. The molecule has 29 heavy (non-hydrogen) atoms. The van der Waals surface area contributed by atoms with Crippen LogP contribution in [0.5, 0.6) is 0 Å². The molecule has 0 amide bonds. The van der Waals surface area contributed by atoms with Crippen LogP contribution in [-0.2, 0) is 6.54 Å². The third-order valence-corrected chi connectivity index (χ3v) is 5.28. The number of ketones is 1. The van der Waals surface area contributed by atoms with Crippen LogP contribution in [0.15, 0.2) is 53.3 Å². The molecule has 2 aromatic carbocycles. The molecule has 0 aliphatic carbocycles. The first-order valence-electron chi connectivity index (χ1n) is 8.23. The Morgan fingerprint density at radius 3 is 2.66 bits per heavy atom. The molecular formula is C20H12ClN3O4S. The van der Waals surface area contributed by atoms with E-state index in [1.807, 2.05) is 6.07 Å². The van der Waals surface area contributed by atoms with Gasteiger partial charge in [-0.1, -0.05) is 23.7 Å². The molecule has 1 aromatic heterocycles. The Balaban J connectivity index is 2.06. The fourth-order valence-electron chi connectivity index (χ4n) is 2.60. The van der Waals surface area contributed by atoms with Gasteiger partial charge in [0.2, 0.25) is 0 Å². The molecule has 0 aliphatic rings. The summed E-state index contributed by atoms with van der Waals surface area (Å²) in [5.74, 6) is -0.309. The van der Waals surface area contributed by atoms with E-state index in [1.54, 1.807) is 30.3 Å². The van der Waals surface area contributed by atoms with E-state index in [9.17, 15) is 19.7 Å². The molecule has 9 heteroatoms. The van der Waals surface area contributed by atoms with Crippen molar-refractivity contribution in [3.8, 4) is 6.07 Å². The zero-order valence-electron chi connectivity index (χ0n) is 14.7. The summed E-state index contributed by atoms with van der Waals surface area (Å²) in [5, 5.41) is 20.4. The largest absolute Gasteiger partial charge is 0.292 e. The lowest BCUT2D eigenvalue weighted by atomic mass is 10.1. The van der Waals surface area contributed by atoms with Gasteiger partial charge in [-0.2, -0.15) is 5.26 Å². The summed E-state index contributed by atoms with van der Waals surface area (Å²) < 4.78 is 1.79. The summed E-state index contributed by atoms with van der Waals surface area (Å²) in [7, 11) is 0. The van der Waals surface area contributed by atoms with Crippen LogP contribution < -0.4 is 14.8 Å². The summed E-state index contributed by atoms with van der Waals surface area (Å²) in [4.78, 5) is 35.8. The molecule has 0 spiro atoms. The number of rotatable bonds is 5. The van der Waals surface area contributed by atoms with Crippen molar-refractivity contribution in [2.45, 2.75) is 6.54 Å². The first-order valence-corrected chi connectivity index (χ1v) is 9.43. The van der Waals surface area contributed by atoms with E-state index in [4.69, 9.17) is 16.9 Å². The van der Waals surface area contributed by atoms with Gasteiger partial charge in [-0.15, -0.1) is 11.3 Å². The highest BCUT2D eigenvalue weighted by Crippen LogP contribution is 2.13. The fraction of sp³-hybridized carbons (Fsp3) is 0.0500. The van der Waals surface area contributed by atoms with Crippen LogP contribution in [0.3, 0.4) is 0 Å². The van der Waals surface area contributed by atoms with Crippen molar-refractivity contribution in [2.24, 2.45) is 0 Å². The number of halogens is 1. The van der Waals surface area contributed by atoms with Crippen LogP contribution in [0.4, 0.5) is 5.69 Å². The molecule has 7 nitrogen and oxygen atoms in total. The fourth-order valence-corrected chi connectivity index (χ4v) is 3.71. The molecule has 0 saturated carbocycles. The standard InChI is InChI=1S/C20H12ClN3O4S/c21-15-6-4-14(5-7-15)17(25)12-23-19(8-9-22)29-18(20(23)26)11-13-2-1-3-16(10-13)24(27)28/h1-8,10-11H,12H2. The Bertz CT molecular complexity index is 1320. The van der Waals surface area contributed by atoms with Gasteiger partial charge in [0.25, 0.3) is 11.2 Å². The van der Waals surface area contributed by atoms with E-state index in [0.29, 0.717) is 20.8 Å². The minimum absolute atomic E-state index is 0.0997. The van der Waals surface area contributed by atoms with E-state index < -0.39 is 10.5 Å². The Labute approximate surface area is 173 Å². The van der Waals surface area contributed by atoms with Crippen molar-refractivity contribution in [3.05, 3.63) is 94.3 Å². The van der Waals surface area contributed by atoms with Crippen molar-refractivity contribution in [2.75, 3.05) is 0 Å². The van der Waals surface area contributed by atoms with E-state index in [1.165, 1.54) is 34.9 Å². The van der Waals surface area contributed by atoms with Crippen LogP contribution >= 0.6 is 22.9 Å². The number of hydrogen-bond donors (Lipinski definition) is 0. The predicted molar refractivity (Wildman–Crippen MR) is 110 cm³/mol. The van der Waals surface area contributed by atoms with Gasteiger partial charge < -0.3 is 0 Å². The molecule has 1 heterocycles. The number of nitriles is 1. The second-order valence-corrected chi connectivity index (χ2v) is 7.39. The Hall–Kier alpha value is -3.54. The number of benzene rings is 2. The van der Waals surface area contributed by atoms with Crippen molar-refractivity contribution in [3.63, 3.8) is 0 Å². The quantitative estimate of drug-likeness (QED) is 0.354. The first-order chi connectivity index (χ1) is 13.9. The molecule has 3 aromatic rings. The Morgan fingerprint density at radius 2 is 2.00 bits per heavy atom. The molecule has 3 rings (SSSR count). The van der Waals surface area contributed by atoms with E-state index in [2.05, 4.69) is 0 Å². The second-order valence-electron chi connectivity index (χ2n) is 5.90. The van der Waals surface area contributed by atoms with Gasteiger partial charge in [0.1, 0.15) is 4.66 Å². The number of carbonyl (C=O) groups excluding carboxylic acids is 1. The first kappa shape index (κ1) is 20.2. The summed E-state index contributed by atoms with van der Waals surface area (Å²) in [6, 6.07) is 14.0. The lowest BCUT2D eigenvalue weighted by molar-refractivity contribution is -0.384. The maximum atomic E-state index is 12.8. The number of nitro groups is 1. The number of nitro benzene ring substituents is 1. The number of nitrogens with zero attached hydrogens (tertiary/aromatic N) is 3. The molecule has 0 N–H and O–H groups in total. The highest BCUT2D eigenvalue weighted by atomic mass is 35.5. The molecule has 0 bridgehead atoms. The number of aromatic nitrogens is 1. The molecule has 0 atom stereocenters. The molecule has 0 saturated heterocycles. The SMILES string of the molecule is N#CC=c1sc(=Cc2cccc([N+](=O)[O-])c2)c(=O)n1CC(=O)c1ccc(Cl)cc1. The second kappa shape index (κ2) is 8.65. The van der Waals surface area contributed by atoms with Gasteiger partial charge in [0, 0.05) is 28.8 Å². The zero-order chi connectivity index (χ0) is 21.0. The number of non-ortho nitro benzene ring substituents is 1. The van der Waals surface area contributed by atoms with Crippen LogP contribution in [0.25, 0.3) is 12.2 Å². The number of hydrogen-bond acceptors (Lipinski definition) is 6.